The fourth-order valence-corrected chi connectivity index (χ4v) is 1.10. The molecule has 0 atom stereocenters. The van der Waals surface area contributed by atoms with Gasteiger partial charge in [0.2, 0.25) is 0 Å². The molecule has 1 rings (SSSR count). The summed E-state index contributed by atoms with van der Waals surface area (Å²) in [5.41, 5.74) is -0.0393. The second-order valence-electron chi connectivity index (χ2n) is 4.74. The van der Waals surface area contributed by atoms with Crippen LogP contribution < -0.4 is 10.1 Å². The molecule has 0 bridgehead atoms. The smallest absolute Gasteiger partial charge is 0.183 e. The zero-order valence-corrected chi connectivity index (χ0v) is 10.1. The molecule has 0 aliphatic carbocycles. The molecule has 1 N–H and O–H groups in total. The number of carbonyl (C=O) groups is 1. The van der Waals surface area contributed by atoms with E-state index in [1.807, 2.05) is 51.1 Å². The summed E-state index contributed by atoms with van der Waals surface area (Å²) in [4.78, 5) is 11.5. The predicted molar refractivity (Wildman–Crippen MR) is 64.7 cm³/mol. The molecule has 16 heavy (non-hydrogen) atoms. The normalized spacial score (nSPS) is 11.2. The Bertz CT molecular complexity index is 328. The molecule has 1 aromatic carbocycles. The summed E-state index contributed by atoms with van der Waals surface area (Å²) in [5, 5.41) is 3.13. The van der Waals surface area contributed by atoms with E-state index in [-0.39, 0.29) is 17.9 Å². The van der Waals surface area contributed by atoms with E-state index in [2.05, 4.69) is 5.32 Å². The molecule has 0 saturated heterocycles. The van der Waals surface area contributed by atoms with E-state index in [9.17, 15) is 4.79 Å². The van der Waals surface area contributed by atoms with Crippen LogP contribution in [-0.2, 0) is 4.79 Å². The van der Waals surface area contributed by atoms with Crippen molar-refractivity contribution in [3.8, 4) is 5.75 Å². The molecule has 0 saturated carbocycles. The van der Waals surface area contributed by atoms with Gasteiger partial charge in [0.05, 0.1) is 6.54 Å². The average molecular weight is 221 g/mol. The molecule has 0 aromatic heterocycles. The van der Waals surface area contributed by atoms with Crippen molar-refractivity contribution in [3.63, 3.8) is 0 Å². The number of hydrogen-bond acceptors (Lipinski definition) is 3. The third kappa shape index (κ3) is 5.51. The molecule has 0 unspecified atom stereocenters. The van der Waals surface area contributed by atoms with Crippen molar-refractivity contribution in [2.24, 2.45) is 0 Å². The molecular weight excluding hydrogens is 202 g/mol. The maximum Gasteiger partial charge on any atom is 0.183 e. The van der Waals surface area contributed by atoms with Crippen LogP contribution in [-0.4, -0.2) is 24.5 Å². The van der Waals surface area contributed by atoms with E-state index in [0.29, 0.717) is 6.54 Å². The van der Waals surface area contributed by atoms with E-state index in [0.717, 1.165) is 5.75 Å². The van der Waals surface area contributed by atoms with Gasteiger partial charge in [0, 0.05) is 5.54 Å². The van der Waals surface area contributed by atoms with Crippen molar-refractivity contribution in [3.05, 3.63) is 30.3 Å². The Labute approximate surface area is 96.8 Å². The van der Waals surface area contributed by atoms with Crippen LogP contribution in [0.1, 0.15) is 20.8 Å². The molecule has 1 aromatic rings. The largest absolute Gasteiger partial charge is 0.486 e. The van der Waals surface area contributed by atoms with Gasteiger partial charge in [-0.2, -0.15) is 0 Å². The third-order valence-corrected chi connectivity index (χ3v) is 1.96. The van der Waals surface area contributed by atoms with E-state index in [4.69, 9.17) is 4.74 Å². The van der Waals surface area contributed by atoms with E-state index in [1.54, 1.807) is 0 Å². The number of rotatable bonds is 5. The number of hydrogen-bond donors (Lipinski definition) is 1. The van der Waals surface area contributed by atoms with Gasteiger partial charge in [-0.25, -0.2) is 0 Å². The van der Waals surface area contributed by atoms with Crippen molar-refractivity contribution < 1.29 is 9.53 Å². The highest BCUT2D eigenvalue weighted by Gasteiger charge is 2.11. The van der Waals surface area contributed by atoms with Crippen LogP contribution in [0.2, 0.25) is 0 Å². The first-order valence-corrected chi connectivity index (χ1v) is 5.42. The first-order valence-electron chi connectivity index (χ1n) is 5.42. The monoisotopic (exact) mass is 221 g/mol. The van der Waals surface area contributed by atoms with Crippen molar-refractivity contribution in [1.82, 2.24) is 5.32 Å². The molecule has 3 nitrogen and oxygen atoms in total. The molecule has 0 heterocycles. The lowest BCUT2D eigenvalue weighted by atomic mass is 10.1. The van der Waals surface area contributed by atoms with E-state index >= 15 is 0 Å². The first kappa shape index (κ1) is 12.7. The number of benzene rings is 1. The SMILES string of the molecule is CC(C)(C)NCC(=O)COc1ccccc1. The van der Waals surface area contributed by atoms with Gasteiger partial charge >= 0.3 is 0 Å². The van der Waals surface area contributed by atoms with Gasteiger partial charge in [-0.1, -0.05) is 18.2 Å². The Hall–Kier alpha value is -1.35. The van der Waals surface area contributed by atoms with Gasteiger partial charge < -0.3 is 10.1 Å². The summed E-state index contributed by atoms with van der Waals surface area (Å²) in [7, 11) is 0. The first-order chi connectivity index (χ1) is 7.47. The highest BCUT2D eigenvalue weighted by Crippen LogP contribution is 2.07. The Balaban J connectivity index is 2.26. The van der Waals surface area contributed by atoms with E-state index < -0.39 is 0 Å². The van der Waals surface area contributed by atoms with Crippen LogP contribution in [0.15, 0.2) is 30.3 Å². The summed E-state index contributed by atoms with van der Waals surface area (Å²) >= 11 is 0. The summed E-state index contributed by atoms with van der Waals surface area (Å²) in [6.07, 6.45) is 0. The number of para-hydroxylation sites is 1. The number of carbonyl (C=O) groups excluding carboxylic acids is 1. The van der Waals surface area contributed by atoms with Crippen molar-refractivity contribution in [2.75, 3.05) is 13.2 Å². The Kier molecular flexibility index (Phi) is 4.50. The molecular formula is C13H19NO2. The number of Topliss-reactive ketones (excluding diaryl/α,β-unsaturated/α-hetero) is 1. The van der Waals surface area contributed by atoms with E-state index in [1.165, 1.54) is 0 Å². The zero-order chi connectivity index (χ0) is 12.0. The molecule has 0 aliphatic rings. The van der Waals surface area contributed by atoms with Crippen molar-refractivity contribution >= 4 is 5.78 Å². The zero-order valence-electron chi connectivity index (χ0n) is 10.1. The van der Waals surface area contributed by atoms with Crippen LogP contribution >= 0.6 is 0 Å². The van der Waals surface area contributed by atoms with Crippen LogP contribution in [0, 0.1) is 0 Å². The molecule has 0 spiro atoms. The highest BCUT2D eigenvalue weighted by molar-refractivity contribution is 5.82. The molecule has 0 radical (unpaired) electrons. The lowest BCUT2D eigenvalue weighted by Gasteiger charge is -2.19. The second kappa shape index (κ2) is 5.66. The van der Waals surface area contributed by atoms with Crippen molar-refractivity contribution in [1.29, 1.82) is 0 Å². The number of nitrogens with one attached hydrogen (secondary N) is 1. The summed E-state index contributed by atoms with van der Waals surface area (Å²) < 4.78 is 5.34. The maximum absolute atomic E-state index is 11.5. The van der Waals surface area contributed by atoms with Gasteiger partial charge in [-0.15, -0.1) is 0 Å². The van der Waals surface area contributed by atoms with Gasteiger partial charge in [0.25, 0.3) is 0 Å². The lowest BCUT2D eigenvalue weighted by Crippen LogP contribution is -2.40. The molecule has 0 fully saturated rings. The third-order valence-electron chi connectivity index (χ3n) is 1.96. The van der Waals surface area contributed by atoms with Gasteiger partial charge in [0.15, 0.2) is 5.78 Å². The molecule has 0 amide bonds. The fourth-order valence-electron chi connectivity index (χ4n) is 1.10. The minimum atomic E-state index is -0.0393. The second-order valence-corrected chi connectivity index (χ2v) is 4.74. The van der Waals surface area contributed by atoms with Crippen LogP contribution in [0.4, 0.5) is 0 Å². The van der Waals surface area contributed by atoms with Gasteiger partial charge in [-0.3, -0.25) is 4.79 Å². The van der Waals surface area contributed by atoms with Crippen LogP contribution in [0.3, 0.4) is 0 Å². The predicted octanol–water partition coefficient (Wildman–Crippen LogP) is 2.02. The topological polar surface area (TPSA) is 38.3 Å². The minimum absolute atomic E-state index is 0.0393. The molecule has 3 heteroatoms. The highest BCUT2D eigenvalue weighted by atomic mass is 16.5. The lowest BCUT2D eigenvalue weighted by molar-refractivity contribution is -0.120. The summed E-state index contributed by atoms with van der Waals surface area (Å²) in [5.74, 6) is 0.783. The van der Waals surface area contributed by atoms with Crippen LogP contribution in [0.25, 0.3) is 0 Å². The Morgan fingerprint density at radius 3 is 2.44 bits per heavy atom. The fraction of sp³-hybridized carbons (Fsp3) is 0.462. The van der Waals surface area contributed by atoms with Gasteiger partial charge in [0.1, 0.15) is 12.4 Å². The minimum Gasteiger partial charge on any atom is -0.486 e. The quantitative estimate of drug-likeness (QED) is 0.826. The number of ketones is 1. The van der Waals surface area contributed by atoms with Gasteiger partial charge in [-0.05, 0) is 32.9 Å². The summed E-state index contributed by atoms with van der Waals surface area (Å²) in [6.45, 7) is 6.54. The Morgan fingerprint density at radius 2 is 1.88 bits per heavy atom. The van der Waals surface area contributed by atoms with Crippen molar-refractivity contribution in [2.45, 2.75) is 26.3 Å². The number of ether oxygens (including phenoxy) is 1. The average Bonchev–Trinajstić information content (AvgIpc) is 2.24. The summed E-state index contributed by atoms with van der Waals surface area (Å²) in [6, 6.07) is 9.35. The maximum atomic E-state index is 11.5. The van der Waals surface area contributed by atoms with Crippen LogP contribution in [0.5, 0.6) is 5.75 Å². The molecule has 0 aliphatic heterocycles. The Morgan fingerprint density at radius 1 is 1.25 bits per heavy atom. The standard InChI is InChI=1S/C13H19NO2/c1-13(2,3)14-9-11(15)10-16-12-7-5-4-6-8-12/h4-8,14H,9-10H2,1-3H3. The molecule has 88 valence electrons.